The molecule has 3 rings (SSSR count). The number of nitrogens with two attached hydrogens (primary N) is 2. The molecule has 1 saturated heterocycles. The number of nitrogens with zero attached hydrogens (tertiary/aromatic N) is 2. The molecule has 13 nitrogen and oxygen atoms in total. The van der Waals surface area contributed by atoms with E-state index in [0.29, 0.717) is 18.5 Å². The van der Waals surface area contributed by atoms with E-state index >= 15 is 0 Å². The molecule has 0 spiro atoms. The minimum absolute atomic E-state index is 0.0128. The van der Waals surface area contributed by atoms with E-state index < -0.39 is 53.8 Å². The van der Waals surface area contributed by atoms with Crippen LogP contribution in [0.2, 0.25) is 0 Å². The lowest BCUT2D eigenvalue weighted by atomic mass is 10.0. The van der Waals surface area contributed by atoms with Gasteiger partial charge < -0.3 is 37.1 Å². The number of likely N-dealkylation sites (tertiary alicyclic amines) is 1. The van der Waals surface area contributed by atoms with Crippen molar-refractivity contribution in [3.05, 3.63) is 54.1 Å². The second-order valence-electron chi connectivity index (χ2n) is 9.23. The summed E-state index contributed by atoms with van der Waals surface area (Å²) in [5.41, 5.74) is 12.3. The molecule has 1 aromatic heterocycles. The lowest BCUT2D eigenvalue weighted by molar-refractivity contribution is -0.145. The highest BCUT2D eigenvalue weighted by molar-refractivity contribution is 5.94. The molecule has 2 aromatic rings. The van der Waals surface area contributed by atoms with E-state index in [2.05, 4.69) is 20.6 Å². The topological polar surface area (TPSA) is 214 Å². The zero-order valence-electron chi connectivity index (χ0n) is 20.8. The number of carboxylic acids is 1. The van der Waals surface area contributed by atoms with Gasteiger partial charge in [0.25, 0.3) is 0 Å². The molecule has 8 N–H and O–H groups in total. The minimum atomic E-state index is -1.19. The number of aliphatic carboxylic acids is 1. The summed E-state index contributed by atoms with van der Waals surface area (Å²) in [5, 5.41) is 14.9. The summed E-state index contributed by atoms with van der Waals surface area (Å²) in [6.45, 7) is 0.260. The number of carboxylic acid groups (broad SMARTS) is 1. The fraction of sp³-hybridized carbons (Fsp3) is 0.440. The van der Waals surface area contributed by atoms with Gasteiger partial charge >= 0.3 is 5.97 Å². The van der Waals surface area contributed by atoms with Crippen LogP contribution < -0.4 is 22.1 Å². The van der Waals surface area contributed by atoms with Crippen LogP contribution in [0.1, 0.15) is 36.9 Å². The van der Waals surface area contributed by atoms with E-state index in [1.165, 1.54) is 17.4 Å². The Morgan fingerprint density at radius 1 is 1.11 bits per heavy atom. The van der Waals surface area contributed by atoms with Crippen molar-refractivity contribution in [1.82, 2.24) is 25.5 Å². The number of amides is 4. The van der Waals surface area contributed by atoms with Crippen molar-refractivity contribution in [2.75, 3.05) is 6.54 Å². The summed E-state index contributed by atoms with van der Waals surface area (Å²) >= 11 is 0. The van der Waals surface area contributed by atoms with Crippen molar-refractivity contribution in [3.8, 4) is 0 Å². The van der Waals surface area contributed by atoms with E-state index in [9.17, 15) is 29.1 Å². The van der Waals surface area contributed by atoms with E-state index in [4.69, 9.17) is 11.5 Å². The molecule has 0 aliphatic carbocycles. The van der Waals surface area contributed by atoms with Crippen LogP contribution in [0.4, 0.5) is 0 Å². The number of benzene rings is 1. The third-order valence-electron chi connectivity index (χ3n) is 6.37. The van der Waals surface area contributed by atoms with Gasteiger partial charge in [-0.05, 0) is 24.8 Å². The molecular formula is C25H33N7O6. The number of aromatic amines is 1. The van der Waals surface area contributed by atoms with Crippen molar-refractivity contribution < 1.29 is 29.1 Å². The van der Waals surface area contributed by atoms with E-state index in [1.54, 1.807) is 24.3 Å². The molecule has 1 aromatic carbocycles. The number of rotatable bonds is 13. The van der Waals surface area contributed by atoms with E-state index in [1.807, 2.05) is 6.07 Å². The Labute approximate surface area is 219 Å². The number of hydrogen-bond donors (Lipinski definition) is 6. The van der Waals surface area contributed by atoms with Crippen LogP contribution in [0.3, 0.4) is 0 Å². The maximum atomic E-state index is 13.6. The number of primary amides is 1. The van der Waals surface area contributed by atoms with Crippen molar-refractivity contribution in [2.24, 2.45) is 11.5 Å². The second-order valence-corrected chi connectivity index (χ2v) is 9.23. The van der Waals surface area contributed by atoms with Crippen LogP contribution in [-0.2, 0) is 36.8 Å². The quantitative estimate of drug-likeness (QED) is 0.186. The zero-order valence-corrected chi connectivity index (χ0v) is 20.8. The zero-order chi connectivity index (χ0) is 27.7. The van der Waals surface area contributed by atoms with Gasteiger partial charge in [0.1, 0.15) is 18.1 Å². The number of carbonyl (C=O) groups excluding carboxylic acids is 4. The molecule has 4 atom stereocenters. The van der Waals surface area contributed by atoms with Crippen LogP contribution in [0.5, 0.6) is 0 Å². The average Bonchev–Trinajstić information content (AvgIpc) is 3.59. The van der Waals surface area contributed by atoms with Crippen LogP contribution in [0.25, 0.3) is 0 Å². The lowest BCUT2D eigenvalue weighted by Gasteiger charge is -2.30. The van der Waals surface area contributed by atoms with Gasteiger partial charge in [0.2, 0.25) is 23.6 Å². The second kappa shape index (κ2) is 13.3. The van der Waals surface area contributed by atoms with Gasteiger partial charge in [-0.3, -0.25) is 19.2 Å². The molecule has 1 fully saturated rings. The summed E-state index contributed by atoms with van der Waals surface area (Å²) in [7, 11) is 0. The van der Waals surface area contributed by atoms with Gasteiger partial charge in [0, 0.05) is 37.7 Å². The van der Waals surface area contributed by atoms with Crippen molar-refractivity contribution >= 4 is 29.6 Å². The molecule has 1 aliphatic rings. The standard InChI is InChI=1S/C25H33N7O6/c26-17(8-9-21(27)33)22(34)30-18(12-16-13-28-14-29-16)24(36)32-10-4-7-20(32)23(35)31-19(25(37)38)11-15-5-2-1-3-6-15/h1-3,5-6,13-14,17-20H,4,7-12,26H2,(H2,27,33)(H,28,29)(H,30,34)(H,31,35)(H,37,38). The lowest BCUT2D eigenvalue weighted by Crippen LogP contribution is -2.57. The summed E-state index contributed by atoms with van der Waals surface area (Å²) in [6.07, 6.45) is 3.89. The van der Waals surface area contributed by atoms with Gasteiger partial charge in [0.05, 0.1) is 12.4 Å². The number of carbonyl (C=O) groups is 5. The van der Waals surface area contributed by atoms with E-state index in [-0.39, 0.29) is 32.2 Å². The predicted molar refractivity (Wildman–Crippen MR) is 135 cm³/mol. The first-order valence-corrected chi connectivity index (χ1v) is 12.3. The molecule has 0 bridgehead atoms. The summed E-state index contributed by atoms with van der Waals surface area (Å²) in [4.78, 5) is 70.5. The maximum Gasteiger partial charge on any atom is 0.326 e. The molecule has 38 heavy (non-hydrogen) atoms. The third kappa shape index (κ3) is 7.87. The Morgan fingerprint density at radius 2 is 1.84 bits per heavy atom. The predicted octanol–water partition coefficient (Wildman–Crippen LogP) is -1.17. The fourth-order valence-electron chi connectivity index (χ4n) is 4.34. The number of nitrogens with one attached hydrogen (secondary N) is 3. The van der Waals surface area contributed by atoms with Crippen molar-refractivity contribution in [3.63, 3.8) is 0 Å². The SMILES string of the molecule is NC(=O)CCC(N)C(=O)NC(Cc1cnc[nH]1)C(=O)N1CCCC1C(=O)NC(Cc1ccccc1)C(=O)O. The normalized spacial score (nSPS) is 17.3. The minimum Gasteiger partial charge on any atom is -0.480 e. The maximum absolute atomic E-state index is 13.6. The van der Waals surface area contributed by atoms with Crippen molar-refractivity contribution in [1.29, 1.82) is 0 Å². The highest BCUT2D eigenvalue weighted by Gasteiger charge is 2.39. The summed E-state index contributed by atoms with van der Waals surface area (Å²) < 4.78 is 0. The average molecular weight is 528 g/mol. The number of H-pyrrole nitrogens is 1. The Kier molecular flexibility index (Phi) is 9.93. The van der Waals surface area contributed by atoms with Crippen LogP contribution in [-0.4, -0.2) is 80.3 Å². The molecule has 204 valence electrons. The molecule has 13 heteroatoms. The summed E-state index contributed by atoms with van der Waals surface area (Å²) in [5.74, 6) is -3.52. The first-order chi connectivity index (χ1) is 18.2. The number of imidazole rings is 1. The molecular weight excluding hydrogens is 494 g/mol. The Morgan fingerprint density at radius 3 is 2.47 bits per heavy atom. The molecule has 4 amide bonds. The van der Waals surface area contributed by atoms with E-state index in [0.717, 1.165) is 5.56 Å². The van der Waals surface area contributed by atoms with Crippen molar-refractivity contribution in [2.45, 2.75) is 62.7 Å². The summed E-state index contributed by atoms with van der Waals surface area (Å²) in [6, 6.07) is 4.69. The Bertz CT molecular complexity index is 1120. The van der Waals surface area contributed by atoms with Gasteiger partial charge in [-0.1, -0.05) is 30.3 Å². The van der Waals surface area contributed by atoms with Gasteiger partial charge in [-0.25, -0.2) is 9.78 Å². The molecule has 2 heterocycles. The fourth-order valence-corrected chi connectivity index (χ4v) is 4.34. The van der Waals surface area contributed by atoms with Crippen LogP contribution in [0.15, 0.2) is 42.9 Å². The molecule has 1 aliphatic heterocycles. The highest BCUT2D eigenvalue weighted by atomic mass is 16.4. The Balaban J connectivity index is 1.72. The molecule has 0 radical (unpaired) electrons. The van der Waals surface area contributed by atoms with Gasteiger partial charge in [0.15, 0.2) is 0 Å². The third-order valence-corrected chi connectivity index (χ3v) is 6.37. The molecule has 0 saturated carbocycles. The Hall–Kier alpha value is -4.26. The van der Waals surface area contributed by atoms with Crippen LogP contribution in [0, 0.1) is 0 Å². The highest BCUT2D eigenvalue weighted by Crippen LogP contribution is 2.20. The molecule has 4 unspecified atom stereocenters. The largest absolute Gasteiger partial charge is 0.480 e. The van der Waals surface area contributed by atoms with Crippen LogP contribution >= 0.6 is 0 Å². The van der Waals surface area contributed by atoms with Gasteiger partial charge in [-0.2, -0.15) is 0 Å². The first-order valence-electron chi connectivity index (χ1n) is 12.3. The number of aromatic nitrogens is 2. The smallest absolute Gasteiger partial charge is 0.326 e. The number of hydrogen-bond acceptors (Lipinski definition) is 7. The van der Waals surface area contributed by atoms with Gasteiger partial charge in [-0.15, -0.1) is 0 Å². The first kappa shape index (κ1) is 28.3. The monoisotopic (exact) mass is 527 g/mol.